The zero-order valence-corrected chi connectivity index (χ0v) is 10.3. The molecule has 0 bridgehead atoms. The van der Waals surface area contributed by atoms with Crippen molar-refractivity contribution in [1.82, 2.24) is 10.1 Å². The Balaban J connectivity index is 2.19. The van der Waals surface area contributed by atoms with E-state index in [2.05, 4.69) is 10.1 Å². The van der Waals surface area contributed by atoms with Gasteiger partial charge >= 0.3 is 0 Å². The molecule has 0 saturated heterocycles. The molecule has 2 heterocycles. The molecule has 0 aliphatic rings. The summed E-state index contributed by atoms with van der Waals surface area (Å²) in [6.45, 7) is 1.99. The molecule has 6 heteroatoms. The Hall–Kier alpha value is -0.910. The minimum absolute atomic E-state index is 0.335. The molecule has 0 aliphatic heterocycles. The zero-order chi connectivity index (χ0) is 11.5. The van der Waals surface area contributed by atoms with Gasteiger partial charge in [0.1, 0.15) is 6.10 Å². The molecule has 16 heavy (non-hydrogen) atoms. The van der Waals surface area contributed by atoms with Crippen molar-refractivity contribution >= 4 is 22.9 Å². The van der Waals surface area contributed by atoms with Gasteiger partial charge in [-0.25, -0.2) is 0 Å². The van der Waals surface area contributed by atoms with Crippen LogP contribution < -0.4 is 0 Å². The number of aliphatic hydroxyl groups is 1. The summed E-state index contributed by atoms with van der Waals surface area (Å²) in [6, 6.07) is 3.59. The molecule has 0 fully saturated rings. The van der Waals surface area contributed by atoms with Crippen molar-refractivity contribution in [2.45, 2.75) is 25.9 Å². The second-order valence-electron chi connectivity index (χ2n) is 3.37. The van der Waals surface area contributed by atoms with Crippen molar-refractivity contribution in [2.75, 3.05) is 0 Å². The van der Waals surface area contributed by atoms with Crippen LogP contribution in [0, 0.1) is 0 Å². The first kappa shape index (κ1) is 11.6. The summed E-state index contributed by atoms with van der Waals surface area (Å²) in [7, 11) is 0. The second-order valence-corrected chi connectivity index (χ2v) is 5.08. The maximum absolute atomic E-state index is 9.68. The number of thiophene rings is 1. The molecule has 0 aliphatic carbocycles. The Morgan fingerprint density at radius 1 is 1.56 bits per heavy atom. The van der Waals surface area contributed by atoms with Crippen LogP contribution in [-0.2, 0) is 0 Å². The molecular formula is C10H11ClN2O2S. The number of aliphatic hydroxyl groups excluding tert-OH is 1. The van der Waals surface area contributed by atoms with E-state index >= 15 is 0 Å². The lowest BCUT2D eigenvalue weighted by Gasteiger charge is -2.00. The largest absolute Gasteiger partial charge is 0.385 e. The van der Waals surface area contributed by atoms with Gasteiger partial charge < -0.3 is 9.63 Å². The van der Waals surface area contributed by atoms with Crippen molar-refractivity contribution < 1.29 is 9.63 Å². The van der Waals surface area contributed by atoms with Gasteiger partial charge in [-0.15, -0.1) is 11.3 Å². The third kappa shape index (κ3) is 2.42. The lowest BCUT2D eigenvalue weighted by Crippen LogP contribution is -1.98. The van der Waals surface area contributed by atoms with Gasteiger partial charge in [-0.3, -0.25) is 0 Å². The third-order valence-corrected chi connectivity index (χ3v) is 3.31. The van der Waals surface area contributed by atoms with Crippen LogP contribution in [0.15, 0.2) is 16.7 Å². The number of rotatable bonds is 4. The van der Waals surface area contributed by atoms with Crippen molar-refractivity contribution in [2.24, 2.45) is 0 Å². The molecule has 0 aromatic carbocycles. The zero-order valence-electron chi connectivity index (χ0n) is 8.68. The van der Waals surface area contributed by atoms with Crippen LogP contribution in [0.5, 0.6) is 0 Å². The smallest absolute Gasteiger partial charge is 0.268 e. The second kappa shape index (κ2) is 4.95. The topological polar surface area (TPSA) is 59.2 Å². The molecule has 4 nitrogen and oxygen atoms in total. The molecule has 0 radical (unpaired) electrons. The summed E-state index contributed by atoms with van der Waals surface area (Å²) in [5.41, 5.74) is 0. The van der Waals surface area contributed by atoms with E-state index in [0.717, 1.165) is 11.3 Å². The summed E-state index contributed by atoms with van der Waals surface area (Å²) in [5.74, 6) is 0.739. The third-order valence-electron chi connectivity index (χ3n) is 2.09. The van der Waals surface area contributed by atoms with Crippen LogP contribution in [0.2, 0.25) is 4.34 Å². The molecule has 0 amide bonds. The van der Waals surface area contributed by atoms with E-state index in [9.17, 15) is 5.11 Å². The predicted octanol–water partition coefficient (Wildman–Crippen LogP) is 3.29. The lowest BCUT2D eigenvalue weighted by atomic mass is 10.2. The first-order valence-electron chi connectivity index (χ1n) is 4.98. The minimum atomic E-state index is -0.655. The number of halogens is 1. The van der Waals surface area contributed by atoms with Gasteiger partial charge in [0, 0.05) is 0 Å². The highest BCUT2D eigenvalue weighted by molar-refractivity contribution is 7.19. The Morgan fingerprint density at radius 2 is 2.38 bits per heavy atom. The van der Waals surface area contributed by atoms with Gasteiger partial charge in [-0.2, -0.15) is 4.98 Å². The van der Waals surface area contributed by atoms with Gasteiger partial charge in [0.25, 0.3) is 5.89 Å². The van der Waals surface area contributed by atoms with Crippen LogP contribution >= 0.6 is 22.9 Å². The molecule has 2 aromatic rings. The Morgan fingerprint density at radius 3 is 3.00 bits per heavy atom. The van der Waals surface area contributed by atoms with Crippen molar-refractivity contribution in [3.8, 4) is 10.8 Å². The van der Waals surface area contributed by atoms with E-state index in [1.807, 2.05) is 13.0 Å². The first-order valence-corrected chi connectivity index (χ1v) is 6.17. The highest BCUT2D eigenvalue weighted by Crippen LogP contribution is 2.30. The predicted molar refractivity (Wildman–Crippen MR) is 62.5 cm³/mol. The minimum Gasteiger partial charge on any atom is -0.385 e. The Kier molecular flexibility index (Phi) is 3.58. The summed E-state index contributed by atoms with van der Waals surface area (Å²) < 4.78 is 5.73. The summed E-state index contributed by atoms with van der Waals surface area (Å²) in [5, 5.41) is 13.4. The highest BCUT2D eigenvalue weighted by atomic mass is 35.5. The fourth-order valence-electron chi connectivity index (χ4n) is 1.30. The van der Waals surface area contributed by atoms with E-state index in [1.54, 1.807) is 6.07 Å². The highest BCUT2D eigenvalue weighted by Gasteiger charge is 2.16. The van der Waals surface area contributed by atoms with Crippen LogP contribution in [-0.4, -0.2) is 15.2 Å². The van der Waals surface area contributed by atoms with E-state index < -0.39 is 6.10 Å². The van der Waals surface area contributed by atoms with Gasteiger partial charge in [0.2, 0.25) is 5.82 Å². The molecule has 2 aromatic heterocycles. The SMILES string of the molecule is CCCC(O)c1noc(-c2ccc(Cl)s2)n1. The van der Waals surface area contributed by atoms with Crippen molar-refractivity contribution in [3.63, 3.8) is 0 Å². The molecule has 1 atom stereocenters. The van der Waals surface area contributed by atoms with E-state index in [0.29, 0.717) is 22.5 Å². The van der Waals surface area contributed by atoms with Gasteiger partial charge in [0.15, 0.2) is 0 Å². The number of aromatic nitrogens is 2. The summed E-state index contributed by atoms with van der Waals surface area (Å²) in [6.07, 6.45) is 0.845. The standard InChI is InChI=1S/C10H11ClN2O2S/c1-2-3-6(14)9-12-10(15-13-9)7-4-5-8(11)16-7/h4-6,14H,2-3H2,1H3. The number of hydrogen-bond donors (Lipinski definition) is 1. The van der Waals surface area contributed by atoms with Crippen LogP contribution in [0.4, 0.5) is 0 Å². The van der Waals surface area contributed by atoms with E-state index in [4.69, 9.17) is 16.1 Å². The normalized spacial score (nSPS) is 12.9. The lowest BCUT2D eigenvalue weighted by molar-refractivity contribution is 0.153. The Bertz CT molecular complexity index is 469. The molecule has 2 rings (SSSR count). The molecule has 1 N–H and O–H groups in total. The number of nitrogens with zero attached hydrogens (tertiary/aromatic N) is 2. The van der Waals surface area contributed by atoms with Crippen LogP contribution in [0.25, 0.3) is 10.8 Å². The summed E-state index contributed by atoms with van der Waals surface area (Å²) >= 11 is 7.18. The average Bonchev–Trinajstić information content (AvgIpc) is 2.85. The van der Waals surface area contributed by atoms with Crippen molar-refractivity contribution in [1.29, 1.82) is 0 Å². The van der Waals surface area contributed by atoms with E-state index in [-0.39, 0.29) is 0 Å². The number of hydrogen-bond acceptors (Lipinski definition) is 5. The van der Waals surface area contributed by atoms with E-state index in [1.165, 1.54) is 11.3 Å². The maximum atomic E-state index is 9.68. The van der Waals surface area contributed by atoms with Gasteiger partial charge in [-0.1, -0.05) is 30.1 Å². The fourth-order valence-corrected chi connectivity index (χ4v) is 2.27. The molecule has 86 valence electrons. The van der Waals surface area contributed by atoms with Crippen LogP contribution in [0.1, 0.15) is 31.7 Å². The summed E-state index contributed by atoms with van der Waals surface area (Å²) in [4.78, 5) is 4.95. The molecular weight excluding hydrogens is 248 g/mol. The maximum Gasteiger partial charge on any atom is 0.268 e. The molecule has 0 spiro atoms. The van der Waals surface area contributed by atoms with Gasteiger partial charge in [-0.05, 0) is 18.6 Å². The average molecular weight is 259 g/mol. The molecule has 1 unspecified atom stereocenters. The fraction of sp³-hybridized carbons (Fsp3) is 0.400. The monoisotopic (exact) mass is 258 g/mol. The van der Waals surface area contributed by atoms with Gasteiger partial charge in [0.05, 0.1) is 9.21 Å². The quantitative estimate of drug-likeness (QED) is 0.914. The first-order chi connectivity index (χ1) is 7.70. The molecule has 0 saturated carbocycles. The van der Waals surface area contributed by atoms with Crippen LogP contribution in [0.3, 0.4) is 0 Å². The Labute approximate surface area is 102 Å². The van der Waals surface area contributed by atoms with Crippen molar-refractivity contribution in [3.05, 3.63) is 22.3 Å².